The summed E-state index contributed by atoms with van der Waals surface area (Å²) in [6, 6.07) is 0. The minimum absolute atomic E-state index is 0.0223. The maximum Gasteiger partial charge on any atom is 0.225 e. The molecule has 1 aromatic heterocycles. The van der Waals surface area contributed by atoms with Gasteiger partial charge in [0.2, 0.25) is 11.8 Å². The van der Waals surface area contributed by atoms with Crippen molar-refractivity contribution in [3.8, 4) is 0 Å². The van der Waals surface area contributed by atoms with E-state index in [0.717, 1.165) is 18.7 Å². The molecule has 2 rings (SSSR count). The predicted octanol–water partition coefficient (Wildman–Crippen LogP) is 0.212. The summed E-state index contributed by atoms with van der Waals surface area (Å²) < 4.78 is 0. The average molecular weight is 310 g/mol. The van der Waals surface area contributed by atoms with Crippen LogP contribution in [0.5, 0.6) is 0 Å². The Labute approximate surface area is 129 Å². The van der Waals surface area contributed by atoms with Crippen LogP contribution in [-0.2, 0) is 16.0 Å². The highest BCUT2D eigenvalue weighted by atomic mass is 32.1. The number of amides is 2. The first kappa shape index (κ1) is 15.9. The molecule has 1 aliphatic rings. The first-order chi connectivity index (χ1) is 10.1. The minimum atomic E-state index is -0.213. The predicted molar refractivity (Wildman–Crippen MR) is 82.1 cm³/mol. The number of aromatic nitrogens is 1. The van der Waals surface area contributed by atoms with E-state index in [1.807, 2.05) is 24.4 Å². The highest BCUT2D eigenvalue weighted by Gasteiger charge is 2.33. The maximum atomic E-state index is 12.1. The highest BCUT2D eigenvalue weighted by molar-refractivity contribution is 7.07. The zero-order chi connectivity index (χ0) is 15.2. The van der Waals surface area contributed by atoms with E-state index in [2.05, 4.69) is 10.3 Å². The maximum absolute atomic E-state index is 12.1. The Morgan fingerprint density at radius 2 is 2.38 bits per heavy atom. The van der Waals surface area contributed by atoms with Crippen molar-refractivity contribution in [2.45, 2.75) is 12.8 Å². The molecule has 0 bridgehead atoms. The number of thiazole rings is 1. The third-order valence-electron chi connectivity index (χ3n) is 3.57. The van der Waals surface area contributed by atoms with Crippen LogP contribution in [0.15, 0.2) is 10.9 Å². The van der Waals surface area contributed by atoms with Crippen LogP contribution < -0.4 is 5.32 Å². The molecule has 2 heterocycles. The van der Waals surface area contributed by atoms with Crippen molar-refractivity contribution in [1.82, 2.24) is 20.1 Å². The van der Waals surface area contributed by atoms with Crippen molar-refractivity contribution in [3.05, 3.63) is 16.6 Å². The van der Waals surface area contributed by atoms with E-state index >= 15 is 0 Å². The van der Waals surface area contributed by atoms with Gasteiger partial charge in [0, 0.05) is 44.4 Å². The van der Waals surface area contributed by atoms with Crippen LogP contribution >= 0.6 is 11.3 Å². The summed E-state index contributed by atoms with van der Waals surface area (Å²) in [6.45, 7) is 2.62. The van der Waals surface area contributed by atoms with Gasteiger partial charge in [-0.2, -0.15) is 0 Å². The number of carbonyl (C=O) groups excluding carboxylic acids is 2. The summed E-state index contributed by atoms with van der Waals surface area (Å²) in [5.41, 5.74) is 2.78. The normalized spacial score (nSPS) is 18.5. The van der Waals surface area contributed by atoms with Gasteiger partial charge >= 0.3 is 0 Å². The van der Waals surface area contributed by atoms with Crippen molar-refractivity contribution < 1.29 is 9.59 Å². The second-order valence-electron chi connectivity index (χ2n) is 5.56. The van der Waals surface area contributed by atoms with Crippen molar-refractivity contribution >= 4 is 23.2 Å². The molecule has 1 saturated heterocycles. The third-order valence-corrected chi connectivity index (χ3v) is 4.20. The van der Waals surface area contributed by atoms with E-state index in [1.54, 1.807) is 21.7 Å². The van der Waals surface area contributed by atoms with Gasteiger partial charge in [0.1, 0.15) is 0 Å². The Kier molecular flexibility index (Phi) is 5.69. The minimum Gasteiger partial charge on any atom is -0.355 e. The molecule has 1 unspecified atom stereocenters. The van der Waals surface area contributed by atoms with Gasteiger partial charge in [-0.3, -0.25) is 9.59 Å². The van der Waals surface area contributed by atoms with Gasteiger partial charge in [0.05, 0.1) is 17.1 Å². The van der Waals surface area contributed by atoms with Gasteiger partial charge < -0.3 is 15.1 Å². The van der Waals surface area contributed by atoms with Gasteiger partial charge in [0.15, 0.2) is 0 Å². The van der Waals surface area contributed by atoms with Gasteiger partial charge in [-0.15, -0.1) is 11.3 Å². The van der Waals surface area contributed by atoms with Gasteiger partial charge in [0.25, 0.3) is 0 Å². The number of hydrogen-bond acceptors (Lipinski definition) is 5. The number of nitrogens with one attached hydrogen (secondary N) is 1. The summed E-state index contributed by atoms with van der Waals surface area (Å²) in [7, 11) is 3.95. The summed E-state index contributed by atoms with van der Waals surface area (Å²) in [4.78, 5) is 32.0. The molecule has 6 nitrogen and oxygen atoms in total. The van der Waals surface area contributed by atoms with Gasteiger partial charge in [-0.25, -0.2) is 4.98 Å². The lowest BCUT2D eigenvalue weighted by Gasteiger charge is -2.19. The fourth-order valence-corrected chi connectivity index (χ4v) is 2.90. The number of rotatable bonds is 7. The van der Waals surface area contributed by atoms with E-state index in [-0.39, 0.29) is 17.7 Å². The van der Waals surface area contributed by atoms with Crippen LogP contribution in [0.25, 0.3) is 0 Å². The van der Waals surface area contributed by atoms with E-state index in [9.17, 15) is 9.59 Å². The zero-order valence-corrected chi connectivity index (χ0v) is 13.4. The standard InChI is InChI=1S/C14H22N4O2S/c1-17(2)5-6-18-8-11(7-13(18)19)14(20)15-4-3-12-9-21-10-16-12/h9-11H,3-8H2,1-2H3,(H,15,20). The number of carbonyl (C=O) groups is 2. The second kappa shape index (κ2) is 7.51. The smallest absolute Gasteiger partial charge is 0.225 e. The molecule has 0 saturated carbocycles. The van der Waals surface area contributed by atoms with Gasteiger partial charge in [-0.1, -0.05) is 0 Å². The lowest BCUT2D eigenvalue weighted by atomic mass is 10.1. The van der Waals surface area contributed by atoms with E-state index in [0.29, 0.717) is 26.1 Å². The fourth-order valence-electron chi connectivity index (χ4n) is 2.30. The molecule has 0 spiro atoms. The molecule has 0 aromatic carbocycles. The second-order valence-corrected chi connectivity index (χ2v) is 6.28. The van der Waals surface area contributed by atoms with Crippen molar-refractivity contribution in [1.29, 1.82) is 0 Å². The van der Waals surface area contributed by atoms with E-state index in [4.69, 9.17) is 0 Å². The summed E-state index contributed by atoms with van der Waals surface area (Å²) >= 11 is 1.55. The first-order valence-corrected chi connectivity index (χ1v) is 8.08. The highest BCUT2D eigenvalue weighted by Crippen LogP contribution is 2.17. The lowest BCUT2D eigenvalue weighted by Crippen LogP contribution is -2.36. The Bertz CT molecular complexity index is 475. The molecule has 7 heteroatoms. The molecule has 2 amide bonds. The Hall–Kier alpha value is -1.47. The van der Waals surface area contributed by atoms with Crippen LogP contribution in [0.4, 0.5) is 0 Å². The molecule has 1 atom stereocenters. The van der Waals surface area contributed by atoms with E-state index in [1.165, 1.54) is 0 Å². The Morgan fingerprint density at radius 3 is 3.05 bits per heavy atom. The molecule has 21 heavy (non-hydrogen) atoms. The van der Waals surface area contributed by atoms with Crippen molar-refractivity contribution in [3.63, 3.8) is 0 Å². The SMILES string of the molecule is CN(C)CCN1CC(C(=O)NCCc2cscn2)CC1=O. The molecular formula is C14H22N4O2S. The first-order valence-electron chi connectivity index (χ1n) is 7.13. The number of likely N-dealkylation sites (N-methyl/N-ethyl adjacent to an activating group) is 1. The fraction of sp³-hybridized carbons (Fsp3) is 0.643. The van der Waals surface area contributed by atoms with Crippen LogP contribution in [0.3, 0.4) is 0 Å². The molecular weight excluding hydrogens is 288 g/mol. The Morgan fingerprint density at radius 1 is 1.57 bits per heavy atom. The lowest BCUT2D eigenvalue weighted by molar-refractivity contribution is -0.129. The molecule has 1 aliphatic heterocycles. The monoisotopic (exact) mass is 310 g/mol. The molecule has 0 radical (unpaired) electrons. The van der Waals surface area contributed by atoms with Crippen LogP contribution in [0.2, 0.25) is 0 Å². The topological polar surface area (TPSA) is 65.5 Å². The zero-order valence-electron chi connectivity index (χ0n) is 12.5. The van der Waals surface area contributed by atoms with Crippen molar-refractivity contribution in [2.24, 2.45) is 5.92 Å². The van der Waals surface area contributed by atoms with Crippen molar-refractivity contribution in [2.75, 3.05) is 40.3 Å². The quantitative estimate of drug-likeness (QED) is 0.782. The number of nitrogens with zero attached hydrogens (tertiary/aromatic N) is 3. The molecule has 1 N–H and O–H groups in total. The molecule has 0 aliphatic carbocycles. The average Bonchev–Trinajstić information content (AvgIpc) is 3.06. The third kappa shape index (κ3) is 4.78. The summed E-state index contributed by atoms with van der Waals surface area (Å²) in [5.74, 6) is -0.155. The molecule has 116 valence electrons. The summed E-state index contributed by atoms with van der Waals surface area (Å²) in [6.07, 6.45) is 1.07. The molecule has 1 fully saturated rings. The summed E-state index contributed by atoms with van der Waals surface area (Å²) in [5, 5.41) is 4.89. The number of likely N-dealkylation sites (tertiary alicyclic amines) is 1. The largest absolute Gasteiger partial charge is 0.355 e. The number of hydrogen-bond donors (Lipinski definition) is 1. The van der Waals surface area contributed by atoms with Crippen LogP contribution in [0, 0.1) is 5.92 Å². The Balaban J connectivity index is 1.72. The van der Waals surface area contributed by atoms with Crippen LogP contribution in [0.1, 0.15) is 12.1 Å². The molecule has 1 aromatic rings. The van der Waals surface area contributed by atoms with Gasteiger partial charge in [-0.05, 0) is 14.1 Å². The van der Waals surface area contributed by atoms with Crippen LogP contribution in [-0.4, -0.2) is 66.9 Å². The van der Waals surface area contributed by atoms with E-state index < -0.39 is 0 Å².